The van der Waals surface area contributed by atoms with Crippen LogP contribution < -0.4 is 9.47 Å². The molecule has 0 N–H and O–H groups in total. The number of hydrogen-bond donors (Lipinski definition) is 0. The quantitative estimate of drug-likeness (QED) is 0.183. The molecule has 0 saturated carbocycles. The van der Waals surface area contributed by atoms with Gasteiger partial charge in [0.15, 0.2) is 4.88 Å². The summed E-state index contributed by atoms with van der Waals surface area (Å²) in [4.78, 5) is 40.7. The summed E-state index contributed by atoms with van der Waals surface area (Å²) in [6, 6.07) is 9.80. The van der Waals surface area contributed by atoms with Crippen LogP contribution in [0, 0.1) is 0 Å². The van der Waals surface area contributed by atoms with Gasteiger partial charge in [0.1, 0.15) is 34.9 Å². The summed E-state index contributed by atoms with van der Waals surface area (Å²) in [5, 5.41) is 5.00. The van der Waals surface area contributed by atoms with Crippen molar-refractivity contribution in [2.75, 3.05) is 20.2 Å². The van der Waals surface area contributed by atoms with Gasteiger partial charge in [-0.25, -0.2) is 19.6 Å². The standard InChI is InChI=1S/C33H37N7O6S/c1-20(24-9-12-34-31(37-24)45-23-10-13-39(14-11-23)32(42)46-33(2,3)4)44-27-16-28(47-29(27)30(41)43-6)40-19-35-25-15-21(7-8-26(25)40)22-17-36-38(5)18-22/h7-9,12,15-20,23H,10-11,13-14H2,1-6H3. The van der Waals surface area contributed by atoms with Gasteiger partial charge in [0, 0.05) is 57.0 Å². The molecule has 0 bridgehead atoms. The monoisotopic (exact) mass is 659 g/mol. The molecule has 4 aromatic heterocycles. The molecule has 14 heteroatoms. The number of fused-ring (bicyclic) bond motifs is 1. The normalized spacial score (nSPS) is 14.6. The van der Waals surface area contributed by atoms with Crippen LogP contribution in [0.25, 0.3) is 27.2 Å². The Balaban J connectivity index is 1.16. The van der Waals surface area contributed by atoms with E-state index in [9.17, 15) is 9.59 Å². The Hall–Kier alpha value is -4.98. The number of thiophene rings is 1. The van der Waals surface area contributed by atoms with E-state index in [1.807, 2.05) is 69.9 Å². The molecule has 0 radical (unpaired) electrons. The zero-order chi connectivity index (χ0) is 33.3. The first kappa shape index (κ1) is 32.0. The highest BCUT2D eigenvalue weighted by Crippen LogP contribution is 2.37. The van der Waals surface area contributed by atoms with E-state index in [2.05, 4.69) is 20.1 Å². The number of carbonyl (C=O) groups excluding carboxylic acids is 2. The van der Waals surface area contributed by atoms with Crippen LogP contribution in [0.2, 0.25) is 0 Å². The van der Waals surface area contributed by atoms with E-state index < -0.39 is 17.7 Å². The molecule has 13 nitrogen and oxygen atoms in total. The number of ether oxygens (including phenoxy) is 4. The maximum atomic E-state index is 12.8. The van der Waals surface area contributed by atoms with Crippen molar-refractivity contribution in [3.8, 4) is 27.9 Å². The Morgan fingerprint density at radius 2 is 1.85 bits per heavy atom. The third-order valence-electron chi connectivity index (χ3n) is 7.62. The summed E-state index contributed by atoms with van der Waals surface area (Å²) < 4.78 is 26.6. The maximum Gasteiger partial charge on any atom is 0.410 e. The van der Waals surface area contributed by atoms with Crippen LogP contribution in [-0.2, 0) is 16.5 Å². The Morgan fingerprint density at radius 1 is 1.06 bits per heavy atom. The lowest BCUT2D eigenvalue weighted by Crippen LogP contribution is -2.44. The average molecular weight is 660 g/mol. The zero-order valence-electron chi connectivity index (χ0n) is 27.2. The molecule has 1 amide bonds. The third-order valence-corrected chi connectivity index (χ3v) is 8.72. The number of piperidine rings is 1. The van der Waals surface area contributed by atoms with E-state index in [-0.39, 0.29) is 18.2 Å². The van der Waals surface area contributed by atoms with Gasteiger partial charge in [-0.1, -0.05) is 6.07 Å². The van der Waals surface area contributed by atoms with E-state index >= 15 is 0 Å². The van der Waals surface area contributed by atoms with Crippen LogP contribution in [0.15, 0.2) is 55.2 Å². The first-order chi connectivity index (χ1) is 22.5. The van der Waals surface area contributed by atoms with E-state index in [0.29, 0.717) is 42.3 Å². The largest absolute Gasteiger partial charge is 0.483 e. The van der Waals surface area contributed by atoms with Crippen LogP contribution in [-0.4, -0.2) is 78.2 Å². The maximum absolute atomic E-state index is 12.8. The third kappa shape index (κ3) is 7.22. The van der Waals surface area contributed by atoms with Crippen molar-refractivity contribution in [3.05, 3.63) is 65.8 Å². The van der Waals surface area contributed by atoms with E-state index in [1.165, 1.54) is 18.4 Å². The number of aryl methyl sites for hydroxylation is 1. The predicted molar refractivity (Wildman–Crippen MR) is 175 cm³/mol. The number of carbonyl (C=O) groups is 2. The Labute approximate surface area is 276 Å². The minimum absolute atomic E-state index is 0.143. The van der Waals surface area contributed by atoms with E-state index in [1.54, 1.807) is 34.2 Å². The number of imidazole rings is 1. The Kier molecular flexibility index (Phi) is 8.86. The first-order valence-corrected chi connectivity index (χ1v) is 16.1. The van der Waals surface area contributed by atoms with Crippen molar-refractivity contribution in [1.29, 1.82) is 0 Å². The highest BCUT2D eigenvalue weighted by Gasteiger charge is 2.28. The summed E-state index contributed by atoms with van der Waals surface area (Å²) >= 11 is 1.25. The van der Waals surface area contributed by atoms with Gasteiger partial charge in [-0.05, 0) is 51.5 Å². The van der Waals surface area contributed by atoms with Crippen molar-refractivity contribution >= 4 is 34.4 Å². The minimum atomic E-state index is -0.543. The average Bonchev–Trinajstić information content (AvgIpc) is 3.78. The van der Waals surface area contributed by atoms with Gasteiger partial charge in [0.2, 0.25) is 0 Å². The van der Waals surface area contributed by atoms with Gasteiger partial charge in [0.25, 0.3) is 0 Å². The lowest BCUT2D eigenvalue weighted by Gasteiger charge is -2.33. The lowest BCUT2D eigenvalue weighted by atomic mass is 10.1. The van der Waals surface area contributed by atoms with Crippen LogP contribution >= 0.6 is 11.3 Å². The lowest BCUT2D eigenvalue weighted by molar-refractivity contribution is 0.0118. The summed E-state index contributed by atoms with van der Waals surface area (Å²) in [5.41, 5.74) is 3.73. The van der Waals surface area contributed by atoms with Crippen molar-refractivity contribution in [2.24, 2.45) is 7.05 Å². The molecule has 5 aromatic rings. The molecule has 0 spiro atoms. The highest BCUT2D eigenvalue weighted by atomic mass is 32.1. The molecule has 1 aromatic carbocycles. The summed E-state index contributed by atoms with van der Waals surface area (Å²) in [5.74, 6) is -0.134. The molecular weight excluding hydrogens is 622 g/mol. The minimum Gasteiger partial charge on any atom is -0.483 e. The molecular formula is C33H37N7O6S. The number of hydrogen-bond acceptors (Lipinski definition) is 11. The number of esters is 1. The molecule has 5 heterocycles. The van der Waals surface area contributed by atoms with Gasteiger partial charge >= 0.3 is 18.1 Å². The fourth-order valence-electron chi connectivity index (χ4n) is 5.26. The molecule has 1 fully saturated rings. The Bertz CT molecular complexity index is 1900. The molecule has 6 rings (SSSR count). The van der Waals surface area contributed by atoms with Gasteiger partial charge in [0.05, 0.1) is 30.0 Å². The Morgan fingerprint density at radius 3 is 2.55 bits per heavy atom. The molecule has 1 atom stereocenters. The van der Waals surface area contributed by atoms with Crippen molar-refractivity contribution in [2.45, 2.75) is 58.3 Å². The second kappa shape index (κ2) is 13.0. The predicted octanol–water partition coefficient (Wildman–Crippen LogP) is 5.98. The summed E-state index contributed by atoms with van der Waals surface area (Å²) in [6.07, 6.45) is 7.37. The number of methoxy groups -OCH3 is 1. The zero-order valence-corrected chi connectivity index (χ0v) is 28.0. The number of amides is 1. The molecule has 47 heavy (non-hydrogen) atoms. The number of rotatable bonds is 8. The topological polar surface area (TPSA) is 136 Å². The van der Waals surface area contributed by atoms with E-state index in [4.69, 9.17) is 18.9 Å². The number of benzene rings is 1. The molecule has 1 aliphatic heterocycles. The van der Waals surface area contributed by atoms with Gasteiger partial charge in [-0.3, -0.25) is 9.25 Å². The number of nitrogens with zero attached hydrogens (tertiary/aromatic N) is 7. The molecule has 1 aliphatic rings. The fraction of sp³-hybridized carbons (Fsp3) is 0.394. The van der Waals surface area contributed by atoms with Crippen molar-refractivity contribution in [1.82, 2.24) is 34.2 Å². The second-order valence-electron chi connectivity index (χ2n) is 12.3. The van der Waals surface area contributed by atoms with Crippen LogP contribution in [0.5, 0.6) is 11.8 Å². The summed E-state index contributed by atoms with van der Waals surface area (Å²) in [6.45, 7) is 8.44. The van der Waals surface area contributed by atoms with Crippen LogP contribution in [0.1, 0.15) is 62.0 Å². The van der Waals surface area contributed by atoms with Crippen molar-refractivity contribution < 1.29 is 28.5 Å². The van der Waals surface area contributed by atoms with Gasteiger partial charge in [-0.2, -0.15) is 10.1 Å². The smallest absolute Gasteiger partial charge is 0.410 e. The van der Waals surface area contributed by atoms with E-state index in [0.717, 1.165) is 27.2 Å². The molecule has 0 aliphatic carbocycles. The summed E-state index contributed by atoms with van der Waals surface area (Å²) in [7, 11) is 3.22. The number of aromatic nitrogens is 6. The highest BCUT2D eigenvalue weighted by molar-refractivity contribution is 7.16. The number of likely N-dealkylation sites (tertiary alicyclic amines) is 1. The van der Waals surface area contributed by atoms with Crippen LogP contribution in [0.3, 0.4) is 0 Å². The van der Waals surface area contributed by atoms with Crippen LogP contribution in [0.4, 0.5) is 4.79 Å². The molecule has 246 valence electrons. The van der Waals surface area contributed by atoms with Crippen molar-refractivity contribution in [3.63, 3.8) is 0 Å². The second-order valence-corrected chi connectivity index (χ2v) is 13.3. The fourth-order valence-corrected chi connectivity index (χ4v) is 6.25. The molecule has 1 saturated heterocycles. The first-order valence-electron chi connectivity index (χ1n) is 15.3. The molecule has 1 unspecified atom stereocenters. The SMILES string of the molecule is COC(=O)c1sc(-n2cnc3cc(-c4cnn(C)c4)ccc32)cc1OC(C)c1ccnc(OC2CCN(C(=O)OC(C)(C)C)CC2)n1. The van der Waals surface area contributed by atoms with Gasteiger partial charge in [-0.15, -0.1) is 11.3 Å². The van der Waals surface area contributed by atoms with Gasteiger partial charge < -0.3 is 23.8 Å².